The van der Waals surface area contributed by atoms with Gasteiger partial charge in [-0.25, -0.2) is 4.98 Å². The summed E-state index contributed by atoms with van der Waals surface area (Å²) in [6, 6.07) is 16.1. The van der Waals surface area contributed by atoms with Gasteiger partial charge in [0, 0.05) is 31.1 Å². The van der Waals surface area contributed by atoms with Crippen molar-refractivity contribution in [2.45, 2.75) is 46.1 Å². The van der Waals surface area contributed by atoms with E-state index in [1.54, 1.807) is 0 Å². The largest absolute Gasteiger partial charge is 0.494 e. The third-order valence-corrected chi connectivity index (χ3v) is 5.82. The lowest BCUT2D eigenvalue weighted by Crippen LogP contribution is -2.24. The molecular weight excluding hydrogens is 362 g/mol. The molecule has 5 heteroatoms. The van der Waals surface area contributed by atoms with Gasteiger partial charge in [0.1, 0.15) is 11.6 Å². The molecule has 1 amide bonds. The highest BCUT2D eigenvalue weighted by atomic mass is 16.5. The number of hydrogen-bond acceptors (Lipinski definition) is 3. The number of imidazole rings is 1. The third-order valence-electron chi connectivity index (χ3n) is 5.82. The molecule has 0 saturated carbocycles. The summed E-state index contributed by atoms with van der Waals surface area (Å²) in [6.45, 7) is 8.68. The molecule has 4 rings (SSSR count). The van der Waals surface area contributed by atoms with Crippen molar-refractivity contribution >= 4 is 22.6 Å². The van der Waals surface area contributed by atoms with Crippen LogP contribution >= 0.6 is 0 Å². The molecule has 0 radical (unpaired) electrons. The molecule has 0 bridgehead atoms. The highest BCUT2D eigenvalue weighted by molar-refractivity contribution is 5.96. The molecule has 1 aliphatic rings. The lowest BCUT2D eigenvalue weighted by molar-refractivity contribution is -0.117. The standard InChI is InChI=1S/C24H29N3O2/c1-4-17(3)15-27-22-9-7-6-8-21(22)25-24(27)18-14-23(28)26(16-18)19-10-12-20(13-11-19)29-5-2/h6-13,17-18H,4-5,14-16H2,1-3H3/t17-,18-/m1/s1. The maximum absolute atomic E-state index is 12.8. The van der Waals surface area contributed by atoms with E-state index in [9.17, 15) is 4.79 Å². The van der Waals surface area contributed by atoms with Crippen LogP contribution in [-0.4, -0.2) is 28.6 Å². The number of aromatic nitrogens is 2. The van der Waals surface area contributed by atoms with Gasteiger partial charge in [-0.15, -0.1) is 0 Å². The number of carbonyl (C=O) groups excluding carboxylic acids is 1. The molecule has 1 saturated heterocycles. The van der Waals surface area contributed by atoms with Crippen LogP contribution < -0.4 is 9.64 Å². The summed E-state index contributed by atoms with van der Waals surface area (Å²) in [5.74, 6) is 2.68. The maximum Gasteiger partial charge on any atom is 0.227 e. The summed E-state index contributed by atoms with van der Waals surface area (Å²) in [5.41, 5.74) is 3.10. The summed E-state index contributed by atoms with van der Waals surface area (Å²) in [4.78, 5) is 19.7. The number of carbonyl (C=O) groups is 1. The molecule has 0 unspecified atom stereocenters. The van der Waals surface area contributed by atoms with Gasteiger partial charge in [-0.1, -0.05) is 32.4 Å². The second kappa shape index (κ2) is 8.27. The molecule has 1 aromatic heterocycles. The Morgan fingerprint density at radius 3 is 2.62 bits per heavy atom. The second-order valence-electron chi connectivity index (χ2n) is 7.92. The van der Waals surface area contributed by atoms with Gasteiger partial charge >= 0.3 is 0 Å². The Labute approximate surface area is 172 Å². The van der Waals surface area contributed by atoms with Crippen molar-refractivity contribution in [1.82, 2.24) is 9.55 Å². The molecule has 1 fully saturated rings. The van der Waals surface area contributed by atoms with Crippen LogP contribution in [0.4, 0.5) is 5.69 Å². The Hall–Kier alpha value is -2.82. The van der Waals surface area contributed by atoms with Crippen molar-refractivity contribution in [3.63, 3.8) is 0 Å². The van der Waals surface area contributed by atoms with Crippen molar-refractivity contribution in [2.24, 2.45) is 5.92 Å². The van der Waals surface area contributed by atoms with Crippen molar-refractivity contribution in [3.05, 3.63) is 54.4 Å². The number of amides is 1. The lowest BCUT2D eigenvalue weighted by atomic mass is 10.1. The van der Waals surface area contributed by atoms with E-state index in [0.29, 0.717) is 25.5 Å². The van der Waals surface area contributed by atoms with Crippen LogP contribution in [0.5, 0.6) is 5.75 Å². The molecular formula is C24H29N3O2. The van der Waals surface area contributed by atoms with Gasteiger partial charge in [0.25, 0.3) is 0 Å². The Balaban J connectivity index is 1.63. The summed E-state index contributed by atoms with van der Waals surface area (Å²) in [5, 5.41) is 0. The van der Waals surface area contributed by atoms with Crippen molar-refractivity contribution < 1.29 is 9.53 Å². The van der Waals surface area contributed by atoms with Crippen LogP contribution in [0.1, 0.15) is 45.4 Å². The number of rotatable bonds is 7. The maximum atomic E-state index is 12.8. The molecule has 29 heavy (non-hydrogen) atoms. The molecule has 5 nitrogen and oxygen atoms in total. The van der Waals surface area contributed by atoms with E-state index >= 15 is 0 Å². The average Bonchev–Trinajstić information content (AvgIpc) is 3.29. The Morgan fingerprint density at radius 1 is 1.14 bits per heavy atom. The summed E-state index contributed by atoms with van der Waals surface area (Å²) in [7, 11) is 0. The molecule has 1 aliphatic heterocycles. The van der Waals surface area contributed by atoms with Gasteiger partial charge in [0.15, 0.2) is 0 Å². The summed E-state index contributed by atoms with van der Waals surface area (Å²) >= 11 is 0. The van der Waals surface area contributed by atoms with Gasteiger partial charge in [0.05, 0.1) is 17.6 Å². The topological polar surface area (TPSA) is 47.4 Å². The number of fused-ring (bicyclic) bond motifs is 1. The number of para-hydroxylation sites is 2. The van der Waals surface area contributed by atoms with Gasteiger partial charge in [-0.05, 0) is 49.2 Å². The molecule has 2 aromatic carbocycles. The van der Waals surface area contributed by atoms with Crippen LogP contribution in [0.15, 0.2) is 48.5 Å². The second-order valence-corrected chi connectivity index (χ2v) is 7.92. The summed E-state index contributed by atoms with van der Waals surface area (Å²) < 4.78 is 7.86. The fourth-order valence-electron chi connectivity index (χ4n) is 4.06. The lowest BCUT2D eigenvalue weighted by Gasteiger charge is -2.19. The first-order chi connectivity index (χ1) is 14.1. The van der Waals surface area contributed by atoms with Crippen LogP contribution in [0.25, 0.3) is 11.0 Å². The fraction of sp³-hybridized carbons (Fsp3) is 0.417. The number of anilines is 1. The van der Waals surface area contributed by atoms with Crippen LogP contribution in [-0.2, 0) is 11.3 Å². The minimum atomic E-state index is 0.102. The first-order valence-electron chi connectivity index (χ1n) is 10.6. The fourth-order valence-corrected chi connectivity index (χ4v) is 4.06. The van der Waals surface area contributed by atoms with Crippen LogP contribution in [0, 0.1) is 5.92 Å². The van der Waals surface area contributed by atoms with E-state index in [2.05, 4.69) is 36.6 Å². The van der Waals surface area contributed by atoms with Gasteiger partial charge < -0.3 is 14.2 Å². The first-order valence-corrected chi connectivity index (χ1v) is 10.6. The minimum absolute atomic E-state index is 0.102. The van der Waals surface area contributed by atoms with E-state index < -0.39 is 0 Å². The zero-order valence-electron chi connectivity index (χ0n) is 17.5. The molecule has 2 atom stereocenters. The molecule has 2 heterocycles. The van der Waals surface area contributed by atoms with Crippen molar-refractivity contribution in [1.29, 1.82) is 0 Å². The molecule has 0 spiro atoms. The number of hydrogen-bond donors (Lipinski definition) is 0. The smallest absolute Gasteiger partial charge is 0.227 e. The summed E-state index contributed by atoms with van der Waals surface area (Å²) in [6.07, 6.45) is 1.62. The predicted octanol–water partition coefficient (Wildman–Crippen LogP) is 5.00. The third kappa shape index (κ3) is 3.86. The Kier molecular flexibility index (Phi) is 5.56. The monoisotopic (exact) mass is 391 g/mol. The normalized spacial score (nSPS) is 17.8. The average molecular weight is 392 g/mol. The number of nitrogens with zero attached hydrogens (tertiary/aromatic N) is 3. The van der Waals surface area contributed by atoms with E-state index in [4.69, 9.17) is 9.72 Å². The van der Waals surface area contributed by atoms with Gasteiger partial charge in [-0.3, -0.25) is 4.79 Å². The van der Waals surface area contributed by atoms with Crippen molar-refractivity contribution in [2.75, 3.05) is 18.1 Å². The SMILES string of the molecule is CCOc1ccc(N2C[C@H](c3nc4ccccc4n3C[C@H](C)CC)CC2=O)cc1. The number of ether oxygens (including phenoxy) is 1. The minimum Gasteiger partial charge on any atom is -0.494 e. The van der Waals surface area contributed by atoms with E-state index in [-0.39, 0.29) is 11.8 Å². The number of benzene rings is 2. The first kappa shape index (κ1) is 19.5. The predicted molar refractivity (Wildman–Crippen MR) is 117 cm³/mol. The zero-order valence-corrected chi connectivity index (χ0v) is 17.5. The highest BCUT2D eigenvalue weighted by Gasteiger charge is 2.35. The molecule has 0 N–H and O–H groups in total. The highest BCUT2D eigenvalue weighted by Crippen LogP contribution is 2.34. The van der Waals surface area contributed by atoms with E-state index in [0.717, 1.165) is 41.3 Å². The van der Waals surface area contributed by atoms with Crippen LogP contribution in [0.3, 0.4) is 0 Å². The Bertz CT molecular complexity index is 993. The molecule has 0 aliphatic carbocycles. The van der Waals surface area contributed by atoms with E-state index in [1.807, 2.05) is 42.2 Å². The molecule has 152 valence electrons. The van der Waals surface area contributed by atoms with Gasteiger partial charge in [0.2, 0.25) is 5.91 Å². The van der Waals surface area contributed by atoms with Crippen LogP contribution in [0.2, 0.25) is 0 Å². The quantitative estimate of drug-likeness (QED) is 0.569. The van der Waals surface area contributed by atoms with Gasteiger partial charge in [-0.2, -0.15) is 0 Å². The van der Waals surface area contributed by atoms with Crippen molar-refractivity contribution in [3.8, 4) is 5.75 Å². The zero-order chi connectivity index (χ0) is 20.4. The van der Waals surface area contributed by atoms with E-state index in [1.165, 1.54) is 0 Å². The molecule has 3 aromatic rings. The Morgan fingerprint density at radius 2 is 1.90 bits per heavy atom.